The van der Waals surface area contributed by atoms with Gasteiger partial charge in [-0.2, -0.15) is 4.98 Å². The van der Waals surface area contributed by atoms with Crippen molar-refractivity contribution in [1.82, 2.24) is 9.97 Å². The van der Waals surface area contributed by atoms with E-state index in [1.165, 1.54) is 32.7 Å². The quantitative estimate of drug-likeness (QED) is 0.658. The maximum atomic E-state index is 11.2. The van der Waals surface area contributed by atoms with Crippen molar-refractivity contribution in [2.24, 2.45) is 5.92 Å². The lowest BCUT2D eigenvalue weighted by atomic mass is 9.84. The summed E-state index contributed by atoms with van der Waals surface area (Å²) in [4.78, 5) is 18.4. The second-order valence-corrected chi connectivity index (χ2v) is 5.17. The summed E-state index contributed by atoms with van der Waals surface area (Å²) >= 11 is 0. The molecule has 1 heterocycles. The molecule has 1 aromatic rings. The van der Waals surface area contributed by atoms with Crippen molar-refractivity contribution in [3.05, 3.63) is 16.4 Å². The molecular weight excluding hydrogens is 260 g/mol. The SMILES string of the molecule is COc1ncnc(NC(C)C2CCCCC2)c1[N+](=O)[O-]. The third-order valence-corrected chi connectivity index (χ3v) is 3.89. The molecule has 1 saturated carbocycles. The molecule has 0 amide bonds. The largest absolute Gasteiger partial charge is 0.476 e. The predicted molar refractivity (Wildman–Crippen MR) is 74.9 cm³/mol. The highest BCUT2D eigenvalue weighted by atomic mass is 16.6. The lowest BCUT2D eigenvalue weighted by Gasteiger charge is -2.28. The predicted octanol–water partition coefficient (Wildman–Crippen LogP) is 2.77. The van der Waals surface area contributed by atoms with E-state index in [1.54, 1.807) is 0 Å². The van der Waals surface area contributed by atoms with Gasteiger partial charge in [-0.15, -0.1) is 0 Å². The van der Waals surface area contributed by atoms with Gasteiger partial charge in [0.15, 0.2) is 0 Å². The summed E-state index contributed by atoms with van der Waals surface area (Å²) in [5.74, 6) is 0.757. The van der Waals surface area contributed by atoms with Crippen molar-refractivity contribution in [2.75, 3.05) is 12.4 Å². The van der Waals surface area contributed by atoms with Crippen LogP contribution in [0.25, 0.3) is 0 Å². The second kappa shape index (κ2) is 6.49. The third kappa shape index (κ3) is 3.15. The monoisotopic (exact) mass is 280 g/mol. The summed E-state index contributed by atoms with van der Waals surface area (Å²) in [6, 6.07) is 0.147. The minimum absolute atomic E-state index is 0.0108. The first-order valence-corrected chi connectivity index (χ1v) is 6.93. The Hall–Kier alpha value is -1.92. The summed E-state index contributed by atoms with van der Waals surface area (Å²) in [5.41, 5.74) is -0.197. The molecule has 2 rings (SSSR count). The van der Waals surface area contributed by atoms with Gasteiger partial charge in [-0.1, -0.05) is 19.3 Å². The fourth-order valence-corrected chi connectivity index (χ4v) is 2.75. The van der Waals surface area contributed by atoms with Crippen molar-refractivity contribution in [3.8, 4) is 5.88 Å². The van der Waals surface area contributed by atoms with Crippen LogP contribution in [0.15, 0.2) is 6.33 Å². The van der Waals surface area contributed by atoms with Crippen molar-refractivity contribution >= 4 is 11.5 Å². The molecule has 1 unspecified atom stereocenters. The summed E-state index contributed by atoms with van der Waals surface area (Å²) < 4.78 is 4.94. The molecule has 7 heteroatoms. The average Bonchev–Trinajstić information content (AvgIpc) is 2.47. The molecule has 7 nitrogen and oxygen atoms in total. The topological polar surface area (TPSA) is 90.2 Å². The van der Waals surface area contributed by atoms with E-state index in [0.29, 0.717) is 5.92 Å². The first-order valence-electron chi connectivity index (χ1n) is 6.93. The average molecular weight is 280 g/mol. The number of hydrogen-bond donors (Lipinski definition) is 1. The van der Waals surface area contributed by atoms with Crippen LogP contribution in [0.3, 0.4) is 0 Å². The van der Waals surface area contributed by atoms with Gasteiger partial charge in [-0.25, -0.2) is 4.98 Å². The van der Waals surface area contributed by atoms with E-state index in [-0.39, 0.29) is 23.4 Å². The van der Waals surface area contributed by atoms with Crippen LogP contribution in [0.2, 0.25) is 0 Å². The summed E-state index contributed by atoms with van der Waals surface area (Å²) in [6.07, 6.45) is 7.33. The molecule has 1 aliphatic rings. The van der Waals surface area contributed by atoms with Gasteiger partial charge in [0, 0.05) is 6.04 Å². The molecule has 1 fully saturated rings. The van der Waals surface area contributed by atoms with Gasteiger partial charge in [0.1, 0.15) is 6.33 Å². The number of nitro groups is 1. The maximum Gasteiger partial charge on any atom is 0.372 e. The number of nitrogens with one attached hydrogen (secondary N) is 1. The molecule has 20 heavy (non-hydrogen) atoms. The smallest absolute Gasteiger partial charge is 0.372 e. The molecular formula is C13H20N4O3. The van der Waals surface area contributed by atoms with Gasteiger partial charge in [-0.3, -0.25) is 10.1 Å². The van der Waals surface area contributed by atoms with Crippen LogP contribution in [0.5, 0.6) is 5.88 Å². The molecule has 0 radical (unpaired) electrons. The van der Waals surface area contributed by atoms with E-state index in [2.05, 4.69) is 15.3 Å². The number of nitrogens with zero attached hydrogens (tertiary/aromatic N) is 3. The maximum absolute atomic E-state index is 11.2. The third-order valence-electron chi connectivity index (χ3n) is 3.89. The van der Waals surface area contributed by atoms with E-state index >= 15 is 0 Å². The Kier molecular flexibility index (Phi) is 4.70. The number of rotatable bonds is 5. The fourth-order valence-electron chi connectivity index (χ4n) is 2.75. The Labute approximate surface area is 117 Å². The normalized spacial score (nSPS) is 17.5. The number of methoxy groups -OCH3 is 1. The van der Waals surface area contributed by atoms with Crippen LogP contribution in [-0.4, -0.2) is 28.0 Å². The molecule has 0 aliphatic heterocycles. The van der Waals surface area contributed by atoms with Crippen LogP contribution in [0.4, 0.5) is 11.5 Å². The fraction of sp³-hybridized carbons (Fsp3) is 0.692. The molecule has 0 spiro atoms. The van der Waals surface area contributed by atoms with Crippen LogP contribution >= 0.6 is 0 Å². The Balaban J connectivity index is 2.17. The van der Waals surface area contributed by atoms with E-state index in [0.717, 1.165) is 12.8 Å². The van der Waals surface area contributed by atoms with E-state index in [1.807, 2.05) is 6.92 Å². The Morgan fingerprint density at radius 2 is 2.10 bits per heavy atom. The van der Waals surface area contributed by atoms with Gasteiger partial charge in [0.25, 0.3) is 5.88 Å². The van der Waals surface area contributed by atoms with Crippen LogP contribution in [-0.2, 0) is 0 Å². The van der Waals surface area contributed by atoms with Gasteiger partial charge < -0.3 is 10.1 Å². The Bertz CT molecular complexity index is 475. The number of anilines is 1. The zero-order valence-electron chi connectivity index (χ0n) is 11.8. The summed E-state index contributed by atoms with van der Waals surface area (Å²) in [5, 5.41) is 14.3. The molecule has 0 aromatic carbocycles. The van der Waals surface area contributed by atoms with Crippen molar-refractivity contribution < 1.29 is 9.66 Å². The van der Waals surface area contributed by atoms with Crippen molar-refractivity contribution in [1.29, 1.82) is 0 Å². The standard InChI is InChI=1S/C13H20N4O3/c1-9(10-6-4-3-5-7-10)16-12-11(17(18)19)13(20-2)15-8-14-12/h8-10H,3-7H2,1-2H3,(H,14,15,16). The zero-order valence-corrected chi connectivity index (χ0v) is 11.8. The van der Waals surface area contributed by atoms with Gasteiger partial charge in [0.05, 0.1) is 12.0 Å². The summed E-state index contributed by atoms with van der Waals surface area (Å²) in [7, 11) is 1.36. The Morgan fingerprint density at radius 1 is 1.40 bits per heavy atom. The Morgan fingerprint density at radius 3 is 2.70 bits per heavy atom. The highest BCUT2D eigenvalue weighted by molar-refractivity contribution is 5.61. The number of ether oxygens (including phenoxy) is 1. The van der Waals surface area contributed by atoms with Gasteiger partial charge in [-0.05, 0) is 25.7 Å². The highest BCUT2D eigenvalue weighted by Gasteiger charge is 2.27. The van der Waals surface area contributed by atoms with Gasteiger partial charge >= 0.3 is 5.69 Å². The lowest BCUT2D eigenvalue weighted by molar-refractivity contribution is -0.385. The van der Waals surface area contributed by atoms with E-state index < -0.39 is 4.92 Å². The van der Waals surface area contributed by atoms with Crippen molar-refractivity contribution in [2.45, 2.75) is 45.1 Å². The first kappa shape index (κ1) is 14.5. The second-order valence-electron chi connectivity index (χ2n) is 5.17. The number of aromatic nitrogens is 2. The molecule has 1 aliphatic carbocycles. The van der Waals surface area contributed by atoms with Crippen LogP contribution < -0.4 is 10.1 Å². The first-order chi connectivity index (χ1) is 9.63. The zero-order chi connectivity index (χ0) is 14.5. The molecule has 1 atom stereocenters. The molecule has 0 bridgehead atoms. The number of hydrogen-bond acceptors (Lipinski definition) is 6. The minimum atomic E-state index is -0.505. The van der Waals surface area contributed by atoms with E-state index in [4.69, 9.17) is 4.74 Å². The summed E-state index contributed by atoms with van der Waals surface area (Å²) in [6.45, 7) is 2.05. The molecule has 110 valence electrons. The van der Waals surface area contributed by atoms with Crippen molar-refractivity contribution in [3.63, 3.8) is 0 Å². The molecule has 0 saturated heterocycles. The highest BCUT2D eigenvalue weighted by Crippen LogP contribution is 2.33. The van der Waals surface area contributed by atoms with Crippen LogP contribution in [0.1, 0.15) is 39.0 Å². The van der Waals surface area contributed by atoms with Crippen LogP contribution in [0, 0.1) is 16.0 Å². The van der Waals surface area contributed by atoms with E-state index in [9.17, 15) is 10.1 Å². The van der Waals surface area contributed by atoms with Gasteiger partial charge in [0.2, 0.25) is 5.82 Å². The lowest BCUT2D eigenvalue weighted by Crippen LogP contribution is -2.28. The minimum Gasteiger partial charge on any atom is -0.476 e. The molecule has 1 N–H and O–H groups in total. The molecule has 1 aromatic heterocycles.